The first kappa shape index (κ1) is 15.0. The molecular formula is C12H17NO6S. The van der Waals surface area contributed by atoms with E-state index < -0.39 is 16.0 Å². The van der Waals surface area contributed by atoms with E-state index in [0.717, 1.165) is 25.3 Å². The molecule has 1 unspecified atom stereocenters. The lowest BCUT2D eigenvalue weighted by Crippen LogP contribution is -2.25. The second kappa shape index (κ2) is 5.94. The third-order valence-corrected chi connectivity index (χ3v) is 4.07. The number of carbonyl (C=O) groups excluding carboxylic acids is 1. The zero-order chi connectivity index (χ0) is 14.8. The number of primary sulfonamides is 1. The van der Waals surface area contributed by atoms with Crippen molar-refractivity contribution in [1.29, 1.82) is 0 Å². The lowest BCUT2D eigenvalue weighted by molar-refractivity contribution is -0.0311. The third-order valence-electron chi connectivity index (χ3n) is 3.05. The third kappa shape index (κ3) is 3.59. The van der Waals surface area contributed by atoms with Gasteiger partial charge in [-0.3, -0.25) is 0 Å². The maximum Gasteiger partial charge on any atom is 0.374 e. The molecule has 0 saturated carbocycles. The summed E-state index contributed by atoms with van der Waals surface area (Å²) in [7, 11) is -3.91. The van der Waals surface area contributed by atoms with Crippen LogP contribution in [-0.4, -0.2) is 33.7 Å². The summed E-state index contributed by atoms with van der Waals surface area (Å²) in [5.74, 6) is -0.840. The molecule has 0 aliphatic carbocycles. The van der Waals surface area contributed by atoms with Crippen molar-refractivity contribution in [2.45, 2.75) is 37.2 Å². The molecule has 2 N–H and O–H groups in total. The van der Waals surface area contributed by atoms with Crippen LogP contribution in [0, 0.1) is 6.92 Å². The summed E-state index contributed by atoms with van der Waals surface area (Å²) in [6.07, 6.45) is 2.78. The zero-order valence-electron chi connectivity index (χ0n) is 11.1. The predicted octanol–water partition coefficient (Wildman–Crippen LogP) is 0.961. The Morgan fingerprint density at radius 2 is 2.25 bits per heavy atom. The van der Waals surface area contributed by atoms with Crippen LogP contribution in [0.2, 0.25) is 0 Å². The zero-order valence-corrected chi connectivity index (χ0v) is 11.9. The Kier molecular flexibility index (Phi) is 4.46. The van der Waals surface area contributed by atoms with Crippen LogP contribution >= 0.6 is 0 Å². The Bertz CT molecular complexity index is 585. The quantitative estimate of drug-likeness (QED) is 0.830. The summed E-state index contributed by atoms with van der Waals surface area (Å²) in [5, 5.41) is 5.00. The highest BCUT2D eigenvalue weighted by Crippen LogP contribution is 2.20. The van der Waals surface area contributed by atoms with Crippen LogP contribution in [0.1, 0.15) is 35.6 Å². The summed E-state index contributed by atoms with van der Waals surface area (Å²) in [5.41, 5.74) is 0. The summed E-state index contributed by atoms with van der Waals surface area (Å²) in [6.45, 7) is 2.21. The first-order valence-corrected chi connectivity index (χ1v) is 7.84. The van der Waals surface area contributed by atoms with Crippen molar-refractivity contribution in [3.05, 3.63) is 17.6 Å². The van der Waals surface area contributed by atoms with E-state index in [1.54, 1.807) is 0 Å². The van der Waals surface area contributed by atoms with E-state index in [9.17, 15) is 13.2 Å². The van der Waals surface area contributed by atoms with Crippen molar-refractivity contribution in [3.8, 4) is 0 Å². The number of carbonyl (C=O) groups is 1. The molecule has 0 aromatic carbocycles. The highest BCUT2D eigenvalue weighted by molar-refractivity contribution is 7.89. The number of ether oxygens (including phenoxy) is 2. The Morgan fingerprint density at radius 1 is 1.50 bits per heavy atom. The first-order chi connectivity index (χ1) is 9.38. The molecule has 20 heavy (non-hydrogen) atoms. The van der Waals surface area contributed by atoms with Gasteiger partial charge in [0.1, 0.15) is 17.3 Å². The minimum atomic E-state index is -3.91. The van der Waals surface area contributed by atoms with Crippen molar-refractivity contribution < 1.29 is 27.1 Å². The molecule has 1 aliphatic rings. The molecule has 0 bridgehead atoms. The van der Waals surface area contributed by atoms with Crippen molar-refractivity contribution >= 4 is 16.0 Å². The fourth-order valence-electron chi connectivity index (χ4n) is 2.03. The second-order valence-electron chi connectivity index (χ2n) is 4.66. The molecule has 1 fully saturated rings. The van der Waals surface area contributed by atoms with Gasteiger partial charge < -0.3 is 13.9 Å². The number of rotatable bonds is 4. The standard InChI is InChI=1S/C12H17NO6S/c1-8-11(20(13,15)16)6-10(19-8)12(14)18-7-9-4-2-3-5-17-9/h6,9H,2-5,7H2,1H3,(H2,13,15,16). The van der Waals surface area contributed by atoms with Gasteiger partial charge in [0.15, 0.2) is 0 Å². The summed E-state index contributed by atoms with van der Waals surface area (Å²) < 4.78 is 38.0. The Labute approximate surface area is 117 Å². The molecule has 1 atom stereocenters. The van der Waals surface area contributed by atoms with Crippen LogP contribution in [-0.2, 0) is 19.5 Å². The smallest absolute Gasteiger partial charge is 0.374 e. The predicted molar refractivity (Wildman–Crippen MR) is 68.7 cm³/mol. The van der Waals surface area contributed by atoms with Gasteiger partial charge in [-0.05, 0) is 26.2 Å². The van der Waals surface area contributed by atoms with Gasteiger partial charge in [0, 0.05) is 12.7 Å². The number of hydrogen-bond donors (Lipinski definition) is 1. The van der Waals surface area contributed by atoms with Gasteiger partial charge in [0.2, 0.25) is 15.8 Å². The van der Waals surface area contributed by atoms with E-state index >= 15 is 0 Å². The van der Waals surface area contributed by atoms with E-state index in [1.807, 2.05) is 0 Å². The summed E-state index contributed by atoms with van der Waals surface area (Å²) in [4.78, 5) is 11.6. The van der Waals surface area contributed by atoms with Crippen molar-refractivity contribution in [2.24, 2.45) is 5.14 Å². The highest BCUT2D eigenvalue weighted by atomic mass is 32.2. The lowest BCUT2D eigenvalue weighted by atomic mass is 10.1. The molecule has 2 heterocycles. The minimum Gasteiger partial charge on any atom is -0.457 e. The van der Waals surface area contributed by atoms with Crippen LogP contribution < -0.4 is 5.14 Å². The largest absolute Gasteiger partial charge is 0.457 e. The van der Waals surface area contributed by atoms with Crippen LogP contribution in [0.15, 0.2) is 15.4 Å². The van der Waals surface area contributed by atoms with Crippen LogP contribution in [0.5, 0.6) is 0 Å². The van der Waals surface area contributed by atoms with E-state index in [0.29, 0.717) is 6.61 Å². The van der Waals surface area contributed by atoms with Crippen LogP contribution in [0.4, 0.5) is 0 Å². The average molecular weight is 303 g/mol. The summed E-state index contributed by atoms with van der Waals surface area (Å²) in [6, 6.07) is 1.08. The van der Waals surface area contributed by atoms with Crippen molar-refractivity contribution in [1.82, 2.24) is 0 Å². The van der Waals surface area contributed by atoms with E-state index in [1.165, 1.54) is 6.92 Å². The van der Waals surface area contributed by atoms with Crippen LogP contribution in [0.25, 0.3) is 0 Å². The molecule has 7 nitrogen and oxygen atoms in total. The SMILES string of the molecule is Cc1oc(C(=O)OCC2CCCCO2)cc1S(N)(=O)=O. The maximum atomic E-state index is 11.8. The van der Waals surface area contributed by atoms with Gasteiger partial charge in [-0.1, -0.05) is 0 Å². The highest BCUT2D eigenvalue weighted by Gasteiger charge is 2.23. The molecule has 0 spiro atoms. The summed E-state index contributed by atoms with van der Waals surface area (Å²) >= 11 is 0. The molecular weight excluding hydrogens is 286 g/mol. The van der Waals surface area contributed by atoms with Gasteiger partial charge in [-0.15, -0.1) is 0 Å². The van der Waals surface area contributed by atoms with E-state index in [4.69, 9.17) is 19.0 Å². The number of aryl methyl sites for hydroxylation is 1. The molecule has 1 aromatic rings. The topological polar surface area (TPSA) is 109 Å². The number of furan rings is 1. The number of nitrogens with two attached hydrogens (primary N) is 1. The van der Waals surface area contributed by atoms with Gasteiger partial charge in [0.05, 0.1) is 6.10 Å². The molecule has 1 aromatic heterocycles. The number of esters is 1. The number of sulfonamides is 1. The van der Waals surface area contributed by atoms with Crippen molar-refractivity contribution in [3.63, 3.8) is 0 Å². The molecule has 0 amide bonds. The van der Waals surface area contributed by atoms with Gasteiger partial charge in [0.25, 0.3) is 0 Å². The molecule has 8 heteroatoms. The Morgan fingerprint density at radius 3 is 2.80 bits per heavy atom. The fourth-order valence-corrected chi connectivity index (χ4v) is 2.74. The molecule has 112 valence electrons. The van der Waals surface area contributed by atoms with E-state index in [2.05, 4.69) is 0 Å². The normalized spacial score (nSPS) is 19.8. The van der Waals surface area contributed by atoms with Gasteiger partial charge in [-0.2, -0.15) is 0 Å². The van der Waals surface area contributed by atoms with Crippen LogP contribution in [0.3, 0.4) is 0 Å². The maximum absolute atomic E-state index is 11.8. The molecule has 0 radical (unpaired) electrons. The molecule has 1 aliphatic heterocycles. The average Bonchev–Trinajstić information content (AvgIpc) is 2.79. The Balaban J connectivity index is 1.99. The fraction of sp³-hybridized carbons (Fsp3) is 0.583. The minimum absolute atomic E-state index is 0.0633. The molecule has 1 saturated heterocycles. The lowest BCUT2D eigenvalue weighted by Gasteiger charge is -2.21. The first-order valence-electron chi connectivity index (χ1n) is 6.30. The van der Waals surface area contributed by atoms with Gasteiger partial charge in [-0.25, -0.2) is 18.4 Å². The number of hydrogen-bond acceptors (Lipinski definition) is 6. The monoisotopic (exact) mass is 303 g/mol. The molecule has 2 rings (SSSR count). The van der Waals surface area contributed by atoms with Crippen molar-refractivity contribution in [2.75, 3.05) is 13.2 Å². The van der Waals surface area contributed by atoms with E-state index in [-0.39, 0.29) is 29.1 Å². The van der Waals surface area contributed by atoms with Gasteiger partial charge >= 0.3 is 5.97 Å². The second-order valence-corrected chi connectivity index (χ2v) is 6.19. The Hall–Kier alpha value is -1.38.